The van der Waals surface area contributed by atoms with Gasteiger partial charge in [0.1, 0.15) is 0 Å². The summed E-state index contributed by atoms with van der Waals surface area (Å²) in [6.45, 7) is 27.6. The lowest BCUT2D eigenvalue weighted by atomic mass is 9.30. The van der Waals surface area contributed by atoms with Gasteiger partial charge in [0.2, 0.25) is 13.4 Å². The second kappa shape index (κ2) is 13.6. The Labute approximate surface area is 313 Å². The smallest absolute Gasteiger partial charge is 0.0628 e. The minimum absolute atomic E-state index is 0.0641. The molecular formula is C50H52B2. The van der Waals surface area contributed by atoms with E-state index in [0.717, 1.165) is 0 Å². The zero-order valence-corrected chi connectivity index (χ0v) is 33.4. The van der Waals surface area contributed by atoms with Crippen molar-refractivity contribution in [2.45, 2.75) is 83.1 Å². The van der Waals surface area contributed by atoms with Crippen molar-refractivity contribution in [3.8, 4) is 0 Å². The van der Waals surface area contributed by atoms with Crippen molar-refractivity contribution in [2.75, 3.05) is 0 Å². The Hall–Kier alpha value is -4.81. The van der Waals surface area contributed by atoms with E-state index in [9.17, 15) is 0 Å². The van der Waals surface area contributed by atoms with Gasteiger partial charge in [-0.2, -0.15) is 0 Å². The highest BCUT2D eigenvalue weighted by Gasteiger charge is 2.36. The monoisotopic (exact) mass is 674 g/mol. The minimum Gasteiger partial charge on any atom is -0.0628 e. The van der Waals surface area contributed by atoms with Gasteiger partial charge in [0.05, 0.1) is 0 Å². The standard InChI is InChI=1S/C50H52B2/c1-29-21-33(5)45(34(6)22-29)51(46-35(7)23-30(2)24-36(46)8)49-41-17-13-15-19-43(41)50(44-20-16-14-18-42(44)49)52(47-37(9)25-31(3)26-38(47)10)48-39(11)27-32(4)28-40(48)12/h13-28H,1-12H3. The normalized spacial score (nSPS) is 11.5. The lowest BCUT2D eigenvalue weighted by Crippen LogP contribution is -2.59. The van der Waals surface area contributed by atoms with Crippen LogP contribution in [0.3, 0.4) is 0 Å². The predicted molar refractivity (Wildman–Crippen MR) is 233 cm³/mol. The van der Waals surface area contributed by atoms with Crippen molar-refractivity contribution in [2.24, 2.45) is 0 Å². The molecule has 2 heteroatoms. The van der Waals surface area contributed by atoms with Gasteiger partial charge >= 0.3 is 0 Å². The van der Waals surface area contributed by atoms with Crippen LogP contribution in [0.4, 0.5) is 0 Å². The molecule has 0 saturated carbocycles. The first-order chi connectivity index (χ1) is 24.8. The van der Waals surface area contributed by atoms with Gasteiger partial charge in [0.15, 0.2) is 0 Å². The fourth-order valence-corrected chi connectivity index (χ4v) is 10.3. The molecule has 7 aromatic carbocycles. The number of aryl methyl sites for hydroxylation is 12. The van der Waals surface area contributed by atoms with Crippen LogP contribution in [0.2, 0.25) is 0 Å². The van der Waals surface area contributed by atoms with E-state index in [0.29, 0.717) is 0 Å². The molecule has 0 aliphatic heterocycles. The maximum absolute atomic E-state index is 2.41. The molecule has 0 atom stereocenters. The first kappa shape index (κ1) is 35.6. The van der Waals surface area contributed by atoms with Gasteiger partial charge in [0.25, 0.3) is 0 Å². The van der Waals surface area contributed by atoms with Crippen LogP contribution in [0.5, 0.6) is 0 Å². The molecule has 0 spiro atoms. The Morgan fingerprint density at radius 2 is 0.423 bits per heavy atom. The Morgan fingerprint density at radius 3 is 0.596 bits per heavy atom. The molecule has 7 aromatic rings. The maximum Gasteiger partial charge on any atom is 0.244 e. The molecule has 0 amide bonds. The van der Waals surface area contributed by atoms with E-state index in [1.54, 1.807) is 0 Å². The van der Waals surface area contributed by atoms with Gasteiger partial charge in [-0.1, -0.05) is 197 Å². The SMILES string of the molecule is Cc1cc(C)c(B(c2c(C)cc(C)cc2C)c2c3ccccc3c(B(c3c(C)cc(C)cc3C)c3c(C)cc(C)cc3C)c3ccccc23)c(C)c1. The molecule has 0 unspecified atom stereocenters. The highest BCUT2D eigenvalue weighted by molar-refractivity contribution is 7.02. The minimum atomic E-state index is 0.0641. The molecule has 0 nitrogen and oxygen atoms in total. The number of fused-ring (bicyclic) bond motifs is 2. The summed E-state index contributed by atoms with van der Waals surface area (Å²) in [7, 11) is 0. The van der Waals surface area contributed by atoms with Crippen LogP contribution < -0.4 is 32.8 Å². The highest BCUT2D eigenvalue weighted by atomic mass is 14.2. The third-order valence-electron chi connectivity index (χ3n) is 11.7. The third-order valence-corrected chi connectivity index (χ3v) is 11.7. The first-order valence-electron chi connectivity index (χ1n) is 19.0. The fourth-order valence-electron chi connectivity index (χ4n) is 10.3. The van der Waals surface area contributed by atoms with Crippen molar-refractivity contribution in [1.82, 2.24) is 0 Å². The van der Waals surface area contributed by atoms with Crippen LogP contribution in [-0.4, -0.2) is 13.4 Å². The molecule has 0 aliphatic rings. The van der Waals surface area contributed by atoms with Gasteiger partial charge in [-0.25, -0.2) is 0 Å². The van der Waals surface area contributed by atoms with E-state index >= 15 is 0 Å². The molecule has 0 N–H and O–H groups in total. The lowest BCUT2D eigenvalue weighted by Gasteiger charge is -2.30. The molecule has 0 aliphatic carbocycles. The van der Waals surface area contributed by atoms with Crippen LogP contribution in [0.25, 0.3) is 21.5 Å². The van der Waals surface area contributed by atoms with Gasteiger partial charge in [-0.3, -0.25) is 0 Å². The Morgan fingerprint density at radius 1 is 0.250 bits per heavy atom. The first-order valence-corrected chi connectivity index (χ1v) is 19.0. The number of hydrogen-bond acceptors (Lipinski definition) is 0. The van der Waals surface area contributed by atoms with E-state index in [2.05, 4.69) is 180 Å². The molecule has 52 heavy (non-hydrogen) atoms. The third kappa shape index (κ3) is 6.01. The van der Waals surface area contributed by atoms with E-state index in [-0.39, 0.29) is 13.4 Å². The van der Waals surface area contributed by atoms with E-state index < -0.39 is 0 Å². The second-order valence-electron chi connectivity index (χ2n) is 16.0. The quantitative estimate of drug-likeness (QED) is 0.122. The van der Waals surface area contributed by atoms with E-state index in [1.807, 2.05) is 0 Å². The van der Waals surface area contributed by atoms with Crippen molar-refractivity contribution in [1.29, 1.82) is 0 Å². The number of rotatable bonds is 6. The second-order valence-corrected chi connectivity index (χ2v) is 16.0. The molecule has 0 fully saturated rings. The number of hydrogen-bond donors (Lipinski definition) is 0. The van der Waals surface area contributed by atoms with Crippen molar-refractivity contribution in [3.05, 3.63) is 164 Å². The Kier molecular flexibility index (Phi) is 9.33. The summed E-state index contributed by atoms with van der Waals surface area (Å²) in [4.78, 5) is 0. The van der Waals surface area contributed by atoms with Gasteiger partial charge < -0.3 is 0 Å². The summed E-state index contributed by atoms with van der Waals surface area (Å²) in [6, 6.07) is 37.7. The Bertz CT molecular complexity index is 2110. The van der Waals surface area contributed by atoms with Crippen molar-refractivity contribution >= 4 is 67.7 Å². The van der Waals surface area contributed by atoms with Crippen LogP contribution in [-0.2, 0) is 0 Å². The van der Waals surface area contributed by atoms with Crippen LogP contribution in [0.1, 0.15) is 66.8 Å². The van der Waals surface area contributed by atoms with Crippen LogP contribution in [0, 0.1) is 83.1 Å². The maximum atomic E-state index is 2.41. The van der Waals surface area contributed by atoms with Crippen molar-refractivity contribution < 1.29 is 0 Å². The molecule has 258 valence electrons. The molecule has 0 bridgehead atoms. The summed E-state index contributed by atoms with van der Waals surface area (Å²) in [5, 5.41) is 5.37. The molecular weight excluding hydrogens is 622 g/mol. The molecule has 0 heterocycles. The zero-order chi connectivity index (χ0) is 37.2. The lowest BCUT2D eigenvalue weighted by molar-refractivity contribution is 1.34. The highest BCUT2D eigenvalue weighted by Crippen LogP contribution is 2.25. The molecule has 7 rings (SSSR count). The summed E-state index contributed by atoms with van der Waals surface area (Å²) >= 11 is 0. The largest absolute Gasteiger partial charge is 0.244 e. The molecule has 0 aromatic heterocycles. The van der Waals surface area contributed by atoms with E-state index in [4.69, 9.17) is 0 Å². The summed E-state index contributed by atoms with van der Waals surface area (Å²) < 4.78 is 0. The predicted octanol–water partition coefficient (Wildman–Crippen LogP) is 8.73. The van der Waals surface area contributed by atoms with Crippen molar-refractivity contribution in [3.63, 3.8) is 0 Å². The van der Waals surface area contributed by atoms with Gasteiger partial charge in [-0.15, -0.1) is 0 Å². The Balaban J connectivity index is 1.71. The summed E-state index contributed by atoms with van der Waals surface area (Å²) in [5.41, 5.74) is 24.6. The fraction of sp³-hybridized carbons (Fsp3) is 0.240. The van der Waals surface area contributed by atoms with Crippen LogP contribution in [0.15, 0.2) is 97.1 Å². The summed E-state index contributed by atoms with van der Waals surface area (Å²) in [5.74, 6) is 0. The topological polar surface area (TPSA) is 0 Å². The van der Waals surface area contributed by atoms with Gasteiger partial charge in [0, 0.05) is 0 Å². The zero-order valence-electron chi connectivity index (χ0n) is 33.4. The number of benzene rings is 7. The molecule has 0 radical (unpaired) electrons. The average molecular weight is 675 g/mol. The average Bonchev–Trinajstić information content (AvgIpc) is 3.04. The van der Waals surface area contributed by atoms with E-state index in [1.165, 1.54) is 121 Å². The van der Waals surface area contributed by atoms with Crippen LogP contribution >= 0.6 is 0 Å². The summed E-state index contributed by atoms with van der Waals surface area (Å²) in [6.07, 6.45) is 0. The molecule has 0 saturated heterocycles. The van der Waals surface area contributed by atoms with Gasteiger partial charge in [-0.05, 0) is 105 Å².